The van der Waals surface area contributed by atoms with Gasteiger partial charge in [0.15, 0.2) is 0 Å². The molecule has 1 heterocycles. The fourth-order valence-corrected chi connectivity index (χ4v) is 1.71. The van der Waals surface area contributed by atoms with Crippen molar-refractivity contribution in [1.29, 1.82) is 0 Å². The van der Waals surface area contributed by atoms with Crippen LogP contribution in [0.2, 0.25) is 0 Å². The summed E-state index contributed by atoms with van der Waals surface area (Å²) in [5.41, 5.74) is 1.39. The molecule has 92 valence electrons. The van der Waals surface area contributed by atoms with E-state index >= 15 is 0 Å². The highest BCUT2D eigenvalue weighted by atomic mass is 15.1. The van der Waals surface area contributed by atoms with Gasteiger partial charge in [0.1, 0.15) is 0 Å². The first-order valence-electron chi connectivity index (χ1n) is 6.22. The van der Waals surface area contributed by atoms with Crippen molar-refractivity contribution in [1.82, 2.24) is 14.8 Å². The molecule has 1 aromatic heterocycles. The zero-order chi connectivity index (χ0) is 11.8. The SMILES string of the molecule is CCCNCc1ccn(CCCN(C)C)c1. The average Bonchev–Trinajstić information content (AvgIpc) is 2.66. The van der Waals surface area contributed by atoms with Crippen molar-refractivity contribution < 1.29 is 0 Å². The summed E-state index contributed by atoms with van der Waals surface area (Å²) in [5.74, 6) is 0. The Bertz CT molecular complexity index is 278. The van der Waals surface area contributed by atoms with Gasteiger partial charge in [-0.2, -0.15) is 0 Å². The maximum Gasteiger partial charge on any atom is 0.0231 e. The molecule has 0 radical (unpaired) electrons. The monoisotopic (exact) mass is 223 g/mol. The fourth-order valence-electron chi connectivity index (χ4n) is 1.71. The molecule has 0 aliphatic carbocycles. The molecule has 1 rings (SSSR count). The fraction of sp³-hybridized carbons (Fsp3) is 0.692. The highest BCUT2D eigenvalue weighted by Gasteiger charge is 1.97. The molecule has 3 heteroatoms. The van der Waals surface area contributed by atoms with Gasteiger partial charge in [0, 0.05) is 25.5 Å². The molecule has 0 fully saturated rings. The van der Waals surface area contributed by atoms with E-state index in [1.165, 1.54) is 18.4 Å². The van der Waals surface area contributed by atoms with Crippen molar-refractivity contribution in [2.24, 2.45) is 0 Å². The zero-order valence-electron chi connectivity index (χ0n) is 10.9. The van der Waals surface area contributed by atoms with Gasteiger partial charge in [0.25, 0.3) is 0 Å². The van der Waals surface area contributed by atoms with E-state index in [1.807, 2.05) is 0 Å². The molecular formula is C13H25N3. The van der Waals surface area contributed by atoms with Gasteiger partial charge >= 0.3 is 0 Å². The lowest BCUT2D eigenvalue weighted by Gasteiger charge is -2.09. The molecule has 0 amide bonds. The molecule has 1 N–H and O–H groups in total. The maximum atomic E-state index is 3.42. The highest BCUT2D eigenvalue weighted by molar-refractivity contribution is 5.09. The smallest absolute Gasteiger partial charge is 0.0231 e. The van der Waals surface area contributed by atoms with Crippen molar-refractivity contribution in [2.75, 3.05) is 27.2 Å². The van der Waals surface area contributed by atoms with Crippen LogP contribution in [-0.4, -0.2) is 36.7 Å². The summed E-state index contributed by atoms with van der Waals surface area (Å²) in [6.45, 7) is 6.56. The first kappa shape index (κ1) is 13.3. The van der Waals surface area contributed by atoms with Gasteiger partial charge in [0.2, 0.25) is 0 Å². The summed E-state index contributed by atoms with van der Waals surface area (Å²) in [4.78, 5) is 2.23. The second kappa shape index (κ2) is 7.47. The molecule has 0 saturated heterocycles. The van der Waals surface area contributed by atoms with E-state index in [1.54, 1.807) is 0 Å². The van der Waals surface area contributed by atoms with Crippen LogP contribution in [0.3, 0.4) is 0 Å². The molecule has 0 atom stereocenters. The number of aryl methyl sites for hydroxylation is 1. The average molecular weight is 223 g/mol. The minimum atomic E-state index is 0.995. The molecular weight excluding hydrogens is 198 g/mol. The minimum Gasteiger partial charge on any atom is -0.354 e. The Morgan fingerprint density at radius 1 is 1.38 bits per heavy atom. The van der Waals surface area contributed by atoms with Gasteiger partial charge in [-0.1, -0.05) is 6.92 Å². The van der Waals surface area contributed by atoms with E-state index in [-0.39, 0.29) is 0 Å². The van der Waals surface area contributed by atoms with Crippen LogP contribution in [0, 0.1) is 0 Å². The first-order valence-corrected chi connectivity index (χ1v) is 6.22. The zero-order valence-corrected chi connectivity index (χ0v) is 10.9. The molecule has 0 aliphatic rings. The van der Waals surface area contributed by atoms with Gasteiger partial charge in [-0.15, -0.1) is 0 Å². The molecule has 0 bridgehead atoms. The van der Waals surface area contributed by atoms with Crippen LogP contribution in [0.1, 0.15) is 25.3 Å². The van der Waals surface area contributed by atoms with Crippen LogP contribution in [0.15, 0.2) is 18.5 Å². The number of hydrogen-bond acceptors (Lipinski definition) is 2. The Hall–Kier alpha value is -0.800. The van der Waals surface area contributed by atoms with Crippen molar-refractivity contribution >= 4 is 0 Å². The third kappa shape index (κ3) is 5.33. The van der Waals surface area contributed by atoms with Gasteiger partial charge in [-0.3, -0.25) is 0 Å². The predicted octanol–water partition coefficient (Wildman–Crippen LogP) is 1.94. The van der Waals surface area contributed by atoms with Gasteiger partial charge in [-0.25, -0.2) is 0 Å². The largest absolute Gasteiger partial charge is 0.354 e. The Kier molecular flexibility index (Phi) is 6.19. The number of nitrogens with zero attached hydrogens (tertiary/aromatic N) is 2. The van der Waals surface area contributed by atoms with E-state index in [2.05, 4.69) is 54.3 Å². The van der Waals surface area contributed by atoms with Gasteiger partial charge < -0.3 is 14.8 Å². The normalized spacial score (nSPS) is 11.2. The Labute approximate surface area is 99.4 Å². The van der Waals surface area contributed by atoms with E-state index in [9.17, 15) is 0 Å². The number of hydrogen-bond donors (Lipinski definition) is 1. The molecule has 0 aliphatic heterocycles. The minimum absolute atomic E-state index is 0.995. The summed E-state index contributed by atoms with van der Waals surface area (Å²) in [7, 11) is 4.24. The van der Waals surface area contributed by atoms with E-state index < -0.39 is 0 Å². The molecule has 0 unspecified atom stereocenters. The quantitative estimate of drug-likeness (QED) is 0.680. The highest BCUT2D eigenvalue weighted by Crippen LogP contribution is 2.02. The van der Waals surface area contributed by atoms with Crippen molar-refractivity contribution in [3.05, 3.63) is 24.0 Å². The Morgan fingerprint density at radius 3 is 2.88 bits per heavy atom. The lowest BCUT2D eigenvalue weighted by atomic mass is 10.3. The molecule has 16 heavy (non-hydrogen) atoms. The van der Waals surface area contributed by atoms with Crippen LogP contribution in [-0.2, 0) is 13.1 Å². The third-order valence-corrected chi connectivity index (χ3v) is 2.59. The van der Waals surface area contributed by atoms with Crippen LogP contribution in [0.5, 0.6) is 0 Å². The van der Waals surface area contributed by atoms with Gasteiger partial charge in [0.05, 0.1) is 0 Å². The number of aromatic nitrogens is 1. The third-order valence-electron chi connectivity index (χ3n) is 2.59. The topological polar surface area (TPSA) is 20.2 Å². The second-order valence-electron chi connectivity index (χ2n) is 4.59. The molecule has 3 nitrogen and oxygen atoms in total. The summed E-state index contributed by atoms with van der Waals surface area (Å²) >= 11 is 0. The van der Waals surface area contributed by atoms with Crippen LogP contribution >= 0.6 is 0 Å². The maximum absolute atomic E-state index is 3.42. The van der Waals surface area contributed by atoms with E-state index in [0.29, 0.717) is 0 Å². The summed E-state index contributed by atoms with van der Waals surface area (Å²) in [5, 5.41) is 3.42. The lowest BCUT2D eigenvalue weighted by molar-refractivity contribution is 0.386. The number of nitrogens with one attached hydrogen (secondary N) is 1. The standard InChI is InChI=1S/C13H25N3/c1-4-7-14-11-13-6-10-16(12-13)9-5-8-15(2)3/h6,10,12,14H,4-5,7-9,11H2,1-3H3. The predicted molar refractivity (Wildman–Crippen MR) is 69.6 cm³/mol. The van der Waals surface area contributed by atoms with Gasteiger partial charge in [-0.05, 0) is 51.7 Å². The number of rotatable bonds is 8. The molecule has 1 aromatic rings. The Morgan fingerprint density at radius 2 is 2.19 bits per heavy atom. The summed E-state index contributed by atoms with van der Waals surface area (Å²) in [6, 6.07) is 2.21. The lowest BCUT2D eigenvalue weighted by Crippen LogP contribution is -2.15. The first-order chi connectivity index (χ1) is 7.72. The van der Waals surface area contributed by atoms with E-state index in [0.717, 1.165) is 26.2 Å². The molecule has 0 aromatic carbocycles. The summed E-state index contributed by atoms with van der Waals surface area (Å²) < 4.78 is 2.28. The summed E-state index contributed by atoms with van der Waals surface area (Å²) in [6.07, 6.45) is 6.84. The van der Waals surface area contributed by atoms with Crippen LogP contribution < -0.4 is 5.32 Å². The van der Waals surface area contributed by atoms with Crippen molar-refractivity contribution in [3.8, 4) is 0 Å². The molecule has 0 saturated carbocycles. The molecule has 0 spiro atoms. The Balaban J connectivity index is 2.22. The van der Waals surface area contributed by atoms with Crippen LogP contribution in [0.25, 0.3) is 0 Å². The van der Waals surface area contributed by atoms with Crippen LogP contribution in [0.4, 0.5) is 0 Å². The van der Waals surface area contributed by atoms with Crippen molar-refractivity contribution in [2.45, 2.75) is 32.9 Å². The van der Waals surface area contributed by atoms with Crippen molar-refractivity contribution in [3.63, 3.8) is 0 Å². The second-order valence-corrected chi connectivity index (χ2v) is 4.59. The van der Waals surface area contributed by atoms with E-state index in [4.69, 9.17) is 0 Å².